The van der Waals surface area contributed by atoms with Gasteiger partial charge in [0.25, 0.3) is 0 Å². The summed E-state index contributed by atoms with van der Waals surface area (Å²) in [6, 6.07) is 14.1. The second-order valence-corrected chi connectivity index (χ2v) is 6.53. The van der Waals surface area contributed by atoms with E-state index >= 15 is 0 Å². The molecule has 0 atom stereocenters. The summed E-state index contributed by atoms with van der Waals surface area (Å²) in [4.78, 5) is 0. The van der Waals surface area contributed by atoms with Gasteiger partial charge in [0, 0.05) is 20.7 Å². The Kier molecular flexibility index (Phi) is 6.80. The number of halogens is 2. The molecule has 2 aromatic carbocycles. The van der Waals surface area contributed by atoms with Crippen LogP contribution in [-0.4, -0.2) is 6.54 Å². The smallest absolute Gasteiger partial charge is 0.124 e. The first-order chi connectivity index (χ1) is 10.2. The summed E-state index contributed by atoms with van der Waals surface area (Å²) in [5.74, 6) is 0.890. The molecule has 1 N–H and O–H groups in total. The fraction of sp³-hybridized carbons (Fsp3) is 0.294. The average Bonchev–Trinajstić information content (AvgIpc) is 2.48. The van der Waals surface area contributed by atoms with E-state index in [4.69, 9.17) is 16.3 Å². The quantitative estimate of drug-likeness (QED) is 0.506. The molecule has 0 amide bonds. The third kappa shape index (κ3) is 5.49. The minimum atomic E-state index is 0.569. The van der Waals surface area contributed by atoms with Crippen LogP contribution in [0.25, 0.3) is 0 Å². The van der Waals surface area contributed by atoms with Gasteiger partial charge in [-0.1, -0.05) is 30.7 Å². The van der Waals surface area contributed by atoms with E-state index in [1.165, 1.54) is 3.57 Å². The van der Waals surface area contributed by atoms with Crippen LogP contribution < -0.4 is 10.1 Å². The number of rotatable bonds is 7. The van der Waals surface area contributed by atoms with Gasteiger partial charge in [-0.05, 0) is 71.5 Å². The van der Waals surface area contributed by atoms with Crippen LogP contribution in [0.1, 0.15) is 24.5 Å². The third-order valence-corrected chi connectivity index (χ3v) is 4.03. The molecular weight excluding hydrogens is 397 g/mol. The van der Waals surface area contributed by atoms with Crippen LogP contribution >= 0.6 is 34.2 Å². The number of ether oxygens (including phenoxy) is 1. The summed E-state index contributed by atoms with van der Waals surface area (Å²) in [5.41, 5.74) is 2.26. The highest BCUT2D eigenvalue weighted by atomic mass is 127. The summed E-state index contributed by atoms with van der Waals surface area (Å²) in [6.07, 6.45) is 1.11. The normalized spacial score (nSPS) is 10.6. The molecule has 0 spiro atoms. The van der Waals surface area contributed by atoms with Gasteiger partial charge in [-0.2, -0.15) is 0 Å². The van der Waals surface area contributed by atoms with E-state index in [0.717, 1.165) is 41.4 Å². The fourth-order valence-electron chi connectivity index (χ4n) is 1.97. The highest BCUT2D eigenvalue weighted by molar-refractivity contribution is 14.1. The second kappa shape index (κ2) is 8.61. The van der Waals surface area contributed by atoms with Crippen molar-refractivity contribution in [2.45, 2.75) is 26.5 Å². The van der Waals surface area contributed by atoms with Gasteiger partial charge in [0.1, 0.15) is 12.4 Å². The Morgan fingerprint density at radius 2 is 1.90 bits per heavy atom. The minimum absolute atomic E-state index is 0.569. The number of nitrogens with one attached hydrogen (secondary N) is 1. The van der Waals surface area contributed by atoms with E-state index in [1.54, 1.807) is 0 Å². The molecule has 2 nitrogen and oxygen atoms in total. The monoisotopic (exact) mass is 415 g/mol. The highest BCUT2D eigenvalue weighted by Gasteiger charge is 2.05. The van der Waals surface area contributed by atoms with Gasteiger partial charge < -0.3 is 10.1 Å². The molecule has 0 aliphatic rings. The molecule has 0 fully saturated rings. The van der Waals surface area contributed by atoms with Crippen molar-refractivity contribution in [3.63, 3.8) is 0 Å². The van der Waals surface area contributed by atoms with Crippen molar-refractivity contribution in [2.75, 3.05) is 6.54 Å². The molecule has 2 aromatic rings. The van der Waals surface area contributed by atoms with Gasteiger partial charge in [0.05, 0.1) is 0 Å². The maximum Gasteiger partial charge on any atom is 0.124 e. The molecule has 0 saturated carbocycles. The lowest BCUT2D eigenvalue weighted by molar-refractivity contribution is 0.302. The number of hydrogen-bond acceptors (Lipinski definition) is 2. The number of benzene rings is 2. The predicted octanol–water partition coefficient (Wildman–Crippen LogP) is 5.02. The van der Waals surface area contributed by atoms with Gasteiger partial charge in [0.2, 0.25) is 0 Å². The summed E-state index contributed by atoms with van der Waals surface area (Å²) in [5, 5.41) is 4.13. The van der Waals surface area contributed by atoms with Gasteiger partial charge in [-0.3, -0.25) is 0 Å². The Hall–Kier alpha value is -0.780. The number of hydrogen-bond donors (Lipinski definition) is 1. The van der Waals surface area contributed by atoms with Gasteiger partial charge in [-0.25, -0.2) is 0 Å². The molecule has 0 unspecified atom stereocenters. The lowest BCUT2D eigenvalue weighted by Gasteiger charge is -2.13. The second-order valence-electron chi connectivity index (χ2n) is 4.84. The van der Waals surface area contributed by atoms with Crippen LogP contribution in [0.4, 0.5) is 0 Å². The zero-order chi connectivity index (χ0) is 15.1. The first-order valence-corrected chi connectivity index (χ1v) is 8.51. The molecule has 0 aliphatic heterocycles. The summed E-state index contributed by atoms with van der Waals surface area (Å²) < 4.78 is 7.18. The zero-order valence-corrected chi connectivity index (χ0v) is 14.9. The van der Waals surface area contributed by atoms with Crippen molar-refractivity contribution in [3.8, 4) is 5.75 Å². The van der Waals surface area contributed by atoms with Crippen molar-refractivity contribution in [1.82, 2.24) is 5.32 Å². The minimum Gasteiger partial charge on any atom is -0.489 e. The largest absolute Gasteiger partial charge is 0.489 e. The highest BCUT2D eigenvalue weighted by Crippen LogP contribution is 2.24. The van der Waals surface area contributed by atoms with Crippen molar-refractivity contribution >= 4 is 34.2 Å². The Labute approximate surface area is 145 Å². The van der Waals surface area contributed by atoms with Crippen LogP contribution in [0.15, 0.2) is 42.5 Å². The zero-order valence-electron chi connectivity index (χ0n) is 12.0. The van der Waals surface area contributed by atoms with Crippen LogP contribution in [0.3, 0.4) is 0 Å². The Morgan fingerprint density at radius 3 is 2.62 bits per heavy atom. The van der Waals surface area contributed by atoms with Gasteiger partial charge in [0.15, 0.2) is 0 Å². The molecule has 112 valence electrons. The maximum absolute atomic E-state index is 6.08. The molecule has 0 bridgehead atoms. The first-order valence-electron chi connectivity index (χ1n) is 7.05. The van der Waals surface area contributed by atoms with Crippen LogP contribution in [0.2, 0.25) is 5.02 Å². The molecular formula is C17H19ClINO. The average molecular weight is 416 g/mol. The Morgan fingerprint density at radius 1 is 1.14 bits per heavy atom. The summed E-state index contributed by atoms with van der Waals surface area (Å²) in [7, 11) is 0. The van der Waals surface area contributed by atoms with E-state index in [0.29, 0.717) is 6.61 Å². The molecule has 0 heterocycles. The predicted molar refractivity (Wildman–Crippen MR) is 96.9 cm³/mol. The van der Waals surface area contributed by atoms with Crippen LogP contribution in [0.5, 0.6) is 5.75 Å². The third-order valence-electron chi connectivity index (χ3n) is 3.07. The topological polar surface area (TPSA) is 21.3 Å². The van der Waals surface area contributed by atoms with Crippen molar-refractivity contribution in [2.24, 2.45) is 0 Å². The van der Waals surface area contributed by atoms with E-state index in [9.17, 15) is 0 Å². The molecule has 4 heteroatoms. The van der Waals surface area contributed by atoms with Gasteiger partial charge >= 0.3 is 0 Å². The summed E-state index contributed by atoms with van der Waals surface area (Å²) in [6.45, 7) is 4.48. The fourth-order valence-corrected chi connectivity index (χ4v) is 2.52. The lowest BCUT2D eigenvalue weighted by atomic mass is 10.2. The molecule has 2 rings (SSSR count). The van der Waals surface area contributed by atoms with Crippen molar-refractivity contribution < 1.29 is 4.74 Å². The van der Waals surface area contributed by atoms with E-state index in [2.05, 4.69) is 59.1 Å². The van der Waals surface area contributed by atoms with E-state index < -0.39 is 0 Å². The van der Waals surface area contributed by atoms with Crippen molar-refractivity contribution in [1.29, 1.82) is 0 Å². The SMILES string of the molecule is CCCNCc1cc(Cl)ccc1OCc1ccc(I)cc1. The first kappa shape index (κ1) is 16.6. The maximum atomic E-state index is 6.08. The van der Waals surface area contributed by atoms with E-state index in [-0.39, 0.29) is 0 Å². The standard InChI is InChI=1S/C17H19ClINO/c1-2-9-20-11-14-10-15(18)5-8-17(14)21-12-13-3-6-16(19)7-4-13/h3-8,10,20H,2,9,11-12H2,1H3. The van der Waals surface area contributed by atoms with Crippen molar-refractivity contribution in [3.05, 3.63) is 62.2 Å². The Balaban J connectivity index is 2.02. The summed E-state index contributed by atoms with van der Waals surface area (Å²) >= 11 is 8.38. The molecule has 0 aromatic heterocycles. The van der Waals surface area contributed by atoms with E-state index in [1.807, 2.05) is 18.2 Å². The molecule has 21 heavy (non-hydrogen) atoms. The van der Waals surface area contributed by atoms with Gasteiger partial charge in [-0.15, -0.1) is 0 Å². The lowest BCUT2D eigenvalue weighted by Crippen LogP contribution is -2.14. The van der Waals surface area contributed by atoms with Crippen LogP contribution in [-0.2, 0) is 13.2 Å². The molecule has 0 aliphatic carbocycles. The van der Waals surface area contributed by atoms with Crippen LogP contribution in [0, 0.1) is 3.57 Å². The molecule has 0 radical (unpaired) electrons. The molecule has 0 saturated heterocycles. The Bertz CT molecular complexity index is 572.